The van der Waals surface area contributed by atoms with Crippen LogP contribution in [0.15, 0.2) is 21.9 Å². The van der Waals surface area contributed by atoms with Crippen molar-refractivity contribution in [3.63, 3.8) is 0 Å². The number of nitrogens with zero attached hydrogens (tertiary/aromatic N) is 2. The first-order chi connectivity index (χ1) is 12.9. The van der Waals surface area contributed by atoms with Crippen LogP contribution in [0.3, 0.4) is 0 Å². The Bertz CT molecular complexity index is 856. The quantitative estimate of drug-likeness (QED) is 0.701. The molecule has 2 aliphatic heterocycles. The summed E-state index contributed by atoms with van der Waals surface area (Å²) in [6.45, 7) is 2.23. The summed E-state index contributed by atoms with van der Waals surface area (Å²) in [5.41, 5.74) is -0.142. The molecule has 4 fully saturated rings. The lowest BCUT2D eigenvalue weighted by atomic mass is 9.46. The van der Waals surface area contributed by atoms with Gasteiger partial charge in [-0.2, -0.15) is 10.2 Å². The summed E-state index contributed by atoms with van der Waals surface area (Å²) in [6, 6.07) is 0. The van der Waals surface area contributed by atoms with Crippen LogP contribution in [-0.2, 0) is 19.1 Å². The molecule has 2 heterocycles. The average Bonchev–Trinajstić information content (AvgIpc) is 3.39. The van der Waals surface area contributed by atoms with Crippen LogP contribution < -0.4 is 0 Å². The molecular weight excluding hydrogens is 344 g/mol. The van der Waals surface area contributed by atoms with Gasteiger partial charge in [-0.3, -0.25) is 14.4 Å². The maximum absolute atomic E-state index is 13.2. The first kappa shape index (κ1) is 16.1. The molecule has 1 saturated heterocycles. The van der Waals surface area contributed by atoms with E-state index in [-0.39, 0.29) is 40.7 Å². The highest BCUT2D eigenvalue weighted by Crippen LogP contribution is 2.73. The Kier molecular flexibility index (Phi) is 2.84. The summed E-state index contributed by atoms with van der Waals surface area (Å²) < 4.78 is 6.31. The van der Waals surface area contributed by atoms with E-state index in [1.165, 1.54) is 0 Å². The zero-order valence-electron chi connectivity index (χ0n) is 15.6. The minimum atomic E-state index is -0.573. The van der Waals surface area contributed by atoms with Crippen LogP contribution in [0.2, 0.25) is 0 Å². The van der Waals surface area contributed by atoms with Crippen molar-refractivity contribution in [3.05, 3.63) is 11.6 Å². The van der Waals surface area contributed by atoms with Gasteiger partial charge in [0.2, 0.25) is 6.17 Å². The topological polar surface area (TPSA) is 85.2 Å². The van der Waals surface area contributed by atoms with Gasteiger partial charge in [0.15, 0.2) is 11.6 Å². The van der Waals surface area contributed by atoms with Crippen LogP contribution in [0, 0.1) is 28.6 Å². The molecule has 6 heteroatoms. The third-order valence-corrected chi connectivity index (χ3v) is 9.02. The lowest BCUT2D eigenvalue weighted by Gasteiger charge is -2.56. The number of fused-ring (bicyclic) bond motifs is 1. The van der Waals surface area contributed by atoms with Crippen molar-refractivity contribution < 1.29 is 19.1 Å². The van der Waals surface area contributed by atoms with Crippen LogP contribution in [0.25, 0.3) is 0 Å². The van der Waals surface area contributed by atoms with Gasteiger partial charge in [-0.1, -0.05) is 6.92 Å². The number of hydrogen-bond acceptors (Lipinski definition) is 6. The van der Waals surface area contributed by atoms with Gasteiger partial charge in [0, 0.05) is 24.2 Å². The molecule has 6 nitrogen and oxygen atoms in total. The Balaban J connectivity index is 1.43. The fourth-order valence-corrected chi connectivity index (χ4v) is 7.87. The van der Waals surface area contributed by atoms with E-state index in [4.69, 9.17) is 4.74 Å². The fourth-order valence-electron chi connectivity index (χ4n) is 7.87. The normalized spacial score (nSPS) is 49.8. The van der Waals surface area contributed by atoms with Gasteiger partial charge in [0.25, 0.3) is 0 Å². The first-order valence-electron chi connectivity index (χ1n) is 10.3. The van der Waals surface area contributed by atoms with Crippen LogP contribution in [-0.4, -0.2) is 29.3 Å². The second kappa shape index (κ2) is 4.76. The van der Waals surface area contributed by atoms with Crippen LogP contribution in [0.4, 0.5) is 0 Å². The van der Waals surface area contributed by atoms with E-state index >= 15 is 0 Å². The Labute approximate surface area is 157 Å². The lowest BCUT2D eigenvalue weighted by Crippen LogP contribution is -2.59. The molecule has 0 N–H and O–H groups in total. The molecule has 27 heavy (non-hydrogen) atoms. The number of Topliss-reactive ketones (excluding diaryl/α,β-unsaturated/α-hetero) is 1. The Morgan fingerprint density at radius 2 is 1.89 bits per heavy atom. The maximum Gasteiger partial charge on any atom is 0.317 e. The van der Waals surface area contributed by atoms with E-state index in [0.29, 0.717) is 12.8 Å². The number of carbonyl (C=O) groups is 3. The summed E-state index contributed by atoms with van der Waals surface area (Å²) in [5, 5.41) is 7.73. The Morgan fingerprint density at radius 3 is 2.67 bits per heavy atom. The van der Waals surface area contributed by atoms with Crippen molar-refractivity contribution in [2.24, 2.45) is 38.8 Å². The highest BCUT2D eigenvalue weighted by atomic mass is 16.6. The number of rotatable bonds is 2. The standard InChI is InChI=1S/C21H24N2O4/c1-19-7-6-15-20-8-5-12(24)10-11(20)4-9-21(15,27-18(20)26)14(19)3-2-13(19)16(25)17-22-23-17/h10,13-15,17H,2-9H2,1H3. The zero-order chi connectivity index (χ0) is 18.6. The molecule has 0 radical (unpaired) electrons. The van der Waals surface area contributed by atoms with Crippen molar-refractivity contribution in [2.75, 3.05) is 0 Å². The van der Waals surface area contributed by atoms with Gasteiger partial charge in [0.1, 0.15) is 5.60 Å². The molecule has 0 aromatic heterocycles. The molecular formula is C21H24N2O4. The van der Waals surface area contributed by atoms with Crippen molar-refractivity contribution in [1.29, 1.82) is 0 Å². The molecule has 6 rings (SSSR count). The second-order valence-electron chi connectivity index (χ2n) is 9.74. The van der Waals surface area contributed by atoms with Gasteiger partial charge >= 0.3 is 5.97 Å². The van der Waals surface area contributed by atoms with E-state index in [2.05, 4.69) is 17.2 Å². The van der Waals surface area contributed by atoms with Crippen molar-refractivity contribution >= 4 is 17.5 Å². The summed E-state index contributed by atoms with van der Waals surface area (Å²) in [6.07, 6.45) is 7.52. The monoisotopic (exact) mass is 368 g/mol. The number of ketones is 2. The largest absolute Gasteiger partial charge is 0.458 e. The summed E-state index contributed by atoms with van der Waals surface area (Å²) in [4.78, 5) is 38.0. The van der Waals surface area contributed by atoms with Gasteiger partial charge in [-0.25, -0.2) is 0 Å². The lowest BCUT2D eigenvalue weighted by molar-refractivity contribution is -0.170. The van der Waals surface area contributed by atoms with E-state index in [9.17, 15) is 14.4 Å². The van der Waals surface area contributed by atoms with E-state index < -0.39 is 17.2 Å². The van der Waals surface area contributed by atoms with E-state index in [1.54, 1.807) is 6.08 Å². The molecule has 6 aliphatic rings. The number of ether oxygens (including phenoxy) is 1. The molecule has 0 amide bonds. The van der Waals surface area contributed by atoms with E-state index in [1.807, 2.05) is 0 Å². The predicted molar refractivity (Wildman–Crippen MR) is 93.5 cm³/mol. The molecule has 1 spiro atoms. The van der Waals surface area contributed by atoms with Gasteiger partial charge in [-0.05, 0) is 62.0 Å². The number of esters is 1. The molecule has 4 aliphatic carbocycles. The third-order valence-electron chi connectivity index (χ3n) is 9.02. The summed E-state index contributed by atoms with van der Waals surface area (Å²) in [7, 11) is 0. The zero-order valence-corrected chi connectivity index (χ0v) is 15.6. The van der Waals surface area contributed by atoms with Crippen molar-refractivity contribution in [2.45, 2.75) is 70.1 Å². The molecule has 3 saturated carbocycles. The average molecular weight is 368 g/mol. The van der Waals surface area contributed by atoms with Crippen LogP contribution in [0.1, 0.15) is 58.3 Å². The van der Waals surface area contributed by atoms with Crippen LogP contribution in [0.5, 0.6) is 0 Å². The summed E-state index contributed by atoms with van der Waals surface area (Å²) >= 11 is 0. The Hall–Kier alpha value is -1.85. The second-order valence-corrected chi connectivity index (χ2v) is 9.74. The van der Waals surface area contributed by atoms with E-state index in [0.717, 1.165) is 44.1 Å². The maximum atomic E-state index is 13.2. The molecule has 6 unspecified atom stereocenters. The molecule has 2 bridgehead atoms. The van der Waals surface area contributed by atoms with Crippen molar-refractivity contribution in [1.82, 2.24) is 0 Å². The number of carbonyl (C=O) groups excluding carboxylic acids is 3. The smallest absolute Gasteiger partial charge is 0.317 e. The minimum Gasteiger partial charge on any atom is -0.458 e. The minimum absolute atomic E-state index is 0.0297. The molecule has 0 aromatic rings. The molecule has 6 atom stereocenters. The van der Waals surface area contributed by atoms with Gasteiger partial charge in [0.05, 0.1) is 5.41 Å². The molecule has 142 valence electrons. The SMILES string of the molecule is CC12CCC3C45CCC(=O)C=C4CCC3(OC5=O)C1CCC2C(=O)C1N=N1. The first-order valence-corrected chi connectivity index (χ1v) is 10.3. The highest BCUT2D eigenvalue weighted by molar-refractivity contribution is 5.96. The number of hydrogen-bond donors (Lipinski definition) is 0. The molecule has 0 aromatic carbocycles. The van der Waals surface area contributed by atoms with Gasteiger partial charge in [-0.15, -0.1) is 0 Å². The van der Waals surface area contributed by atoms with Gasteiger partial charge < -0.3 is 4.74 Å². The fraction of sp³-hybridized carbons (Fsp3) is 0.762. The van der Waals surface area contributed by atoms with Crippen LogP contribution >= 0.6 is 0 Å². The predicted octanol–water partition coefficient (Wildman–Crippen LogP) is 3.16. The Morgan fingerprint density at radius 1 is 1.07 bits per heavy atom. The van der Waals surface area contributed by atoms with Crippen molar-refractivity contribution in [3.8, 4) is 0 Å². The highest BCUT2D eigenvalue weighted by Gasteiger charge is 2.76. The third kappa shape index (κ3) is 1.71. The summed E-state index contributed by atoms with van der Waals surface area (Å²) in [5.74, 6) is 0.556.